The average Bonchev–Trinajstić information content (AvgIpc) is 2.61. The molecule has 2 aromatic rings. The van der Waals surface area contributed by atoms with Gasteiger partial charge in [-0.2, -0.15) is 0 Å². The summed E-state index contributed by atoms with van der Waals surface area (Å²) < 4.78 is 0. The fraction of sp³-hybridized carbons (Fsp3) is 0.333. The monoisotopic (exact) mass is 328 g/mol. The number of amides is 2. The lowest BCUT2D eigenvalue weighted by Crippen LogP contribution is -2.38. The number of nitrogens with one attached hydrogen (secondary N) is 1. The molecule has 3 rings (SSSR count). The van der Waals surface area contributed by atoms with Crippen LogP contribution in [0.4, 0.5) is 0 Å². The van der Waals surface area contributed by atoms with Crippen LogP contribution in [-0.2, 0) is 4.79 Å². The van der Waals surface area contributed by atoms with E-state index in [1.807, 2.05) is 30.3 Å². The van der Waals surface area contributed by atoms with E-state index in [1.165, 1.54) is 4.90 Å². The van der Waals surface area contributed by atoms with E-state index in [0.29, 0.717) is 24.9 Å². The molecule has 1 unspecified atom stereocenters. The normalized spacial score (nSPS) is 16.5. The van der Waals surface area contributed by atoms with Crippen molar-refractivity contribution >= 4 is 22.6 Å². The molecule has 0 radical (unpaired) electrons. The highest BCUT2D eigenvalue weighted by Crippen LogP contribution is 2.35. The first-order valence-electron chi connectivity index (χ1n) is 8.07. The molecule has 1 atom stereocenters. The molecule has 0 bridgehead atoms. The van der Waals surface area contributed by atoms with Crippen LogP contribution in [0.1, 0.15) is 47.8 Å². The smallest absolute Gasteiger partial charge is 0.256 e. The Balaban J connectivity index is 1.71. The van der Waals surface area contributed by atoms with E-state index < -0.39 is 12.1 Å². The largest absolute Gasteiger partial charge is 0.369 e. The highest BCUT2D eigenvalue weighted by molar-refractivity contribution is 6.10. The molecule has 126 valence electrons. The van der Waals surface area contributed by atoms with Crippen LogP contribution in [0.15, 0.2) is 36.4 Å². The topological polar surface area (TPSA) is 89.9 Å². The van der Waals surface area contributed by atoms with E-state index in [-0.39, 0.29) is 12.3 Å². The van der Waals surface area contributed by atoms with Crippen molar-refractivity contribution < 1.29 is 19.9 Å². The van der Waals surface area contributed by atoms with Gasteiger partial charge in [0.2, 0.25) is 5.91 Å². The molecule has 0 aromatic heterocycles. The van der Waals surface area contributed by atoms with Gasteiger partial charge < -0.3 is 10.0 Å². The molecule has 1 aliphatic heterocycles. The first-order chi connectivity index (χ1) is 11.6. The predicted octanol–water partition coefficient (Wildman–Crippen LogP) is 2.35. The Morgan fingerprint density at radius 2 is 1.88 bits per heavy atom. The molecule has 2 aromatic carbocycles. The highest BCUT2D eigenvalue weighted by Gasteiger charge is 2.32. The summed E-state index contributed by atoms with van der Waals surface area (Å²) in [7, 11) is 0. The third-order valence-corrected chi connectivity index (χ3v) is 4.43. The Morgan fingerprint density at radius 1 is 1.12 bits per heavy atom. The number of carbonyl (C=O) groups excluding carboxylic acids is 2. The molecule has 24 heavy (non-hydrogen) atoms. The Labute approximate surface area is 139 Å². The standard InChI is InChI=1S/C18H20N2O4/c21-15(19-24)10-2-1-3-11-20-17(22)13-8-4-6-12-7-5-9-14(16(12)13)18(20)23/h4-9,17,22,24H,1-3,10-11H2,(H,19,21). The van der Waals surface area contributed by atoms with Crippen molar-refractivity contribution in [2.45, 2.75) is 31.9 Å². The molecule has 3 N–H and O–H groups in total. The number of benzene rings is 2. The minimum absolute atomic E-state index is 0.167. The van der Waals surface area contributed by atoms with Crippen LogP contribution >= 0.6 is 0 Å². The fourth-order valence-electron chi connectivity index (χ4n) is 3.22. The van der Waals surface area contributed by atoms with Gasteiger partial charge in [-0.1, -0.05) is 36.8 Å². The number of aliphatic hydroxyl groups excluding tert-OH is 1. The predicted molar refractivity (Wildman–Crippen MR) is 88.3 cm³/mol. The van der Waals surface area contributed by atoms with Crippen molar-refractivity contribution in [1.82, 2.24) is 10.4 Å². The Bertz CT molecular complexity index is 769. The summed E-state index contributed by atoms with van der Waals surface area (Å²) in [6.45, 7) is 0.422. The number of hydrogen-bond acceptors (Lipinski definition) is 4. The van der Waals surface area contributed by atoms with Gasteiger partial charge in [-0.05, 0) is 24.3 Å². The summed E-state index contributed by atoms with van der Waals surface area (Å²) in [4.78, 5) is 25.1. The minimum atomic E-state index is -0.947. The van der Waals surface area contributed by atoms with Crippen LogP contribution in [-0.4, -0.2) is 33.6 Å². The molecular weight excluding hydrogens is 308 g/mol. The molecule has 6 heteroatoms. The zero-order valence-corrected chi connectivity index (χ0v) is 13.2. The van der Waals surface area contributed by atoms with E-state index in [2.05, 4.69) is 0 Å². The third-order valence-electron chi connectivity index (χ3n) is 4.43. The Morgan fingerprint density at radius 3 is 2.62 bits per heavy atom. The molecule has 0 aliphatic carbocycles. The molecule has 1 heterocycles. The summed E-state index contributed by atoms with van der Waals surface area (Å²) in [6.07, 6.45) is 1.33. The summed E-state index contributed by atoms with van der Waals surface area (Å²) in [5.74, 6) is -0.579. The number of aliphatic hydroxyl groups is 1. The molecule has 0 fully saturated rings. The van der Waals surface area contributed by atoms with E-state index in [1.54, 1.807) is 11.5 Å². The van der Waals surface area contributed by atoms with Crippen LogP contribution in [0, 0.1) is 0 Å². The van der Waals surface area contributed by atoms with E-state index in [0.717, 1.165) is 22.8 Å². The van der Waals surface area contributed by atoms with Crippen molar-refractivity contribution in [1.29, 1.82) is 0 Å². The zero-order chi connectivity index (χ0) is 17.1. The van der Waals surface area contributed by atoms with Crippen LogP contribution in [0.3, 0.4) is 0 Å². The van der Waals surface area contributed by atoms with Gasteiger partial charge in [-0.15, -0.1) is 0 Å². The first-order valence-corrected chi connectivity index (χ1v) is 8.07. The SMILES string of the molecule is O=C(CCCCCN1C(=O)c2cccc3cccc(c23)C1O)NO. The van der Waals surface area contributed by atoms with Gasteiger partial charge in [-0.3, -0.25) is 14.8 Å². The maximum Gasteiger partial charge on any atom is 0.256 e. The number of hydrogen-bond donors (Lipinski definition) is 3. The molecular formula is C18H20N2O4. The average molecular weight is 328 g/mol. The zero-order valence-electron chi connectivity index (χ0n) is 13.2. The second-order valence-electron chi connectivity index (χ2n) is 5.97. The van der Waals surface area contributed by atoms with Crippen LogP contribution in [0.2, 0.25) is 0 Å². The van der Waals surface area contributed by atoms with E-state index in [4.69, 9.17) is 5.21 Å². The lowest BCUT2D eigenvalue weighted by molar-refractivity contribution is -0.129. The van der Waals surface area contributed by atoms with Crippen LogP contribution in [0.25, 0.3) is 10.8 Å². The number of rotatable bonds is 6. The van der Waals surface area contributed by atoms with Crippen molar-refractivity contribution in [3.05, 3.63) is 47.5 Å². The van der Waals surface area contributed by atoms with Gasteiger partial charge in [-0.25, -0.2) is 5.48 Å². The Hall–Kier alpha value is -2.44. The lowest BCUT2D eigenvalue weighted by Gasteiger charge is -2.33. The highest BCUT2D eigenvalue weighted by atomic mass is 16.5. The summed E-state index contributed by atoms with van der Waals surface area (Å²) >= 11 is 0. The first kappa shape index (κ1) is 16.4. The van der Waals surface area contributed by atoms with Gasteiger partial charge in [0.05, 0.1) is 0 Å². The lowest BCUT2D eigenvalue weighted by atomic mass is 9.93. The molecule has 1 aliphatic rings. The second-order valence-corrected chi connectivity index (χ2v) is 5.97. The summed E-state index contributed by atoms with van der Waals surface area (Å²) in [6, 6.07) is 11.2. The number of nitrogens with zero attached hydrogens (tertiary/aromatic N) is 1. The maximum absolute atomic E-state index is 12.7. The summed E-state index contributed by atoms with van der Waals surface area (Å²) in [5.41, 5.74) is 2.97. The van der Waals surface area contributed by atoms with Crippen LogP contribution in [0.5, 0.6) is 0 Å². The van der Waals surface area contributed by atoms with E-state index >= 15 is 0 Å². The molecule has 0 saturated heterocycles. The molecule has 0 saturated carbocycles. The molecule has 2 amide bonds. The van der Waals surface area contributed by atoms with E-state index in [9.17, 15) is 14.7 Å². The van der Waals surface area contributed by atoms with Gasteiger partial charge in [0.15, 0.2) is 6.23 Å². The Kier molecular flexibility index (Phi) is 4.78. The minimum Gasteiger partial charge on any atom is -0.369 e. The third kappa shape index (κ3) is 2.98. The van der Waals surface area contributed by atoms with Crippen molar-refractivity contribution in [2.24, 2.45) is 0 Å². The van der Waals surface area contributed by atoms with Gasteiger partial charge in [0, 0.05) is 29.5 Å². The fourth-order valence-corrected chi connectivity index (χ4v) is 3.22. The quantitative estimate of drug-likeness (QED) is 0.431. The molecule has 0 spiro atoms. The van der Waals surface area contributed by atoms with Crippen molar-refractivity contribution in [3.63, 3.8) is 0 Å². The maximum atomic E-state index is 12.7. The van der Waals surface area contributed by atoms with Gasteiger partial charge in [0.25, 0.3) is 5.91 Å². The number of carbonyl (C=O) groups is 2. The number of unbranched alkanes of at least 4 members (excludes halogenated alkanes) is 2. The second kappa shape index (κ2) is 6.98. The summed E-state index contributed by atoms with van der Waals surface area (Å²) in [5, 5.41) is 20.8. The van der Waals surface area contributed by atoms with Gasteiger partial charge in [0.1, 0.15) is 0 Å². The van der Waals surface area contributed by atoms with Crippen molar-refractivity contribution in [2.75, 3.05) is 6.54 Å². The molecule has 6 nitrogen and oxygen atoms in total. The van der Waals surface area contributed by atoms with Crippen molar-refractivity contribution in [3.8, 4) is 0 Å². The number of hydroxylamine groups is 1. The van der Waals surface area contributed by atoms with Crippen LogP contribution < -0.4 is 5.48 Å². The van der Waals surface area contributed by atoms with Gasteiger partial charge >= 0.3 is 0 Å².